The summed E-state index contributed by atoms with van der Waals surface area (Å²) in [6.07, 6.45) is 5.77. The van der Waals surface area contributed by atoms with Gasteiger partial charge < -0.3 is 19.4 Å². The summed E-state index contributed by atoms with van der Waals surface area (Å²) in [4.78, 5) is 12.3. The zero-order valence-electron chi connectivity index (χ0n) is 15.9. The Kier molecular flexibility index (Phi) is 5.48. The second-order valence-electron chi connectivity index (χ2n) is 6.73. The number of para-hydroxylation sites is 1. The van der Waals surface area contributed by atoms with Gasteiger partial charge in [-0.05, 0) is 29.8 Å². The van der Waals surface area contributed by atoms with Crippen molar-refractivity contribution in [2.45, 2.75) is 19.5 Å². The molecule has 0 bridgehead atoms. The largest absolute Gasteiger partial charge is 0.486 e. The summed E-state index contributed by atoms with van der Waals surface area (Å²) in [7, 11) is 0. The number of nitrogens with one attached hydrogen (secondary N) is 1. The van der Waals surface area contributed by atoms with E-state index in [1.807, 2.05) is 59.3 Å². The first-order valence-electron chi connectivity index (χ1n) is 9.54. The summed E-state index contributed by atoms with van der Waals surface area (Å²) in [5.74, 6) is 1.27. The number of carbonyl (C=O) groups is 1. The molecule has 1 amide bonds. The fourth-order valence-corrected chi connectivity index (χ4v) is 3.37. The third kappa shape index (κ3) is 4.25. The topological polar surface area (TPSA) is 76.3 Å². The van der Waals surface area contributed by atoms with Crippen LogP contribution in [0.5, 0.6) is 11.5 Å². The zero-order chi connectivity index (χ0) is 20.1. The highest BCUT2D eigenvalue weighted by Gasteiger charge is 2.12. The van der Waals surface area contributed by atoms with Gasteiger partial charge in [0, 0.05) is 41.8 Å². The Labute approximate surface area is 169 Å². The highest BCUT2D eigenvalue weighted by Crippen LogP contribution is 2.30. The molecule has 0 unspecified atom stereocenters. The second kappa shape index (κ2) is 8.53. The molecule has 0 atom stereocenters. The Hall–Kier alpha value is -3.72. The predicted molar refractivity (Wildman–Crippen MR) is 110 cm³/mol. The van der Waals surface area contributed by atoms with Crippen molar-refractivity contribution < 1.29 is 14.3 Å². The quantitative estimate of drug-likeness (QED) is 0.655. The van der Waals surface area contributed by atoms with Crippen LogP contribution >= 0.6 is 0 Å². The van der Waals surface area contributed by atoms with Crippen LogP contribution in [0, 0.1) is 11.3 Å². The van der Waals surface area contributed by atoms with Gasteiger partial charge in [0.25, 0.3) is 0 Å². The Morgan fingerprint density at radius 1 is 1.17 bits per heavy atom. The van der Waals surface area contributed by atoms with Crippen molar-refractivity contribution in [1.82, 2.24) is 9.88 Å². The van der Waals surface area contributed by atoms with Gasteiger partial charge in [-0.2, -0.15) is 5.26 Å². The Bertz CT molecular complexity index is 1110. The maximum Gasteiger partial charge on any atom is 0.244 e. The molecule has 1 N–H and O–H groups in total. The molecule has 2 aromatic carbocycles. The fourth-order valence-electron chi connectivity index (χ4n) is 3.37. The molecule has 0 aliphatic carbocycles. The summed E-state index contributed by atoms with van der Waals surface area (Å²) >= 11 is 0. The van der Waals surface area contributed by atoms with E-state index in [-0.39, 0.29) is 5.91 Å². The first-order chi connectivity index (χ1) is 14.2. The third-order valence-electron chi connectivity index (χ3n) is 4.77. The molecule has 1 aliphatic heterocycles. The van der Waals surface area contributed by atoms with Gasteiger partial charge >= 0.3 is 0 Å². The van der Waals surface area contributed by atoms with Gasteiger partial charge in [-0.1, -0.05) is 24.3 Å². The van der Waals surface area contributed by atoms with E-state index in [9.17, 15) is 4.79 Å². The van der Waals surface area contributed by atoms with Gasteiger partial charge in [0.05, 0.1) is 12.5 Å². The van der Waals surface area contributed by atoms with E-state index in [1.165, 1.54) is 6.08 Å². The van der Waals surface area contributed by atoms with E-state index in [2.05, 4.69) is 11.4 Å². The van der Waals surface area contributed by atoms with E-state index in [4.69, 9.17) is 14.7 Å². The average Bonchev–Trinajstić information content (AvgIpc) is 3.12. The number of rotatable bonds is 6. The minimum atomic E-state index is -0.172. The standard InChI is InChI=1S/C23H21N3O3/c24-10-3-11-26-16-18(19-4-1-2-5-20(19)26)7-9-23(27)25-15-17-6-8-21-22(14-17)29-13-12-28-21/h1-2,4-9,14,16H,3,11-13,15H2,(H,25,27)/b9-7+. The predicted octanol–water partition coefficient (Wildman–Crippen LogP) is 3.66. The molecule has 4 rings (SSSR count). The van der Waals surface area contributed by atoms with Crippen molar-refractivity contribution in [3.05, 3.63) is 65.9 Å². The van der Waals surface area contributed by atoms with E-state index in [0.29, 0.717) is 38.5 Å². The molecule has 0 fully saturated rings. The van der Waals surface area contributed by atoms with Crippen LogP contribution < -0.4 is 14.8 Å². The molecule has 2 heterocycles. The van der Waals surface area contributed by atoms with Crippen LogP contribution in [0.25, 0.3) is 17.0 Å². The molecule has 1 aromatic heterocycles. The number of benzene rings is 2. The summed E-state index contributed by atoms with van der Waals surface area (Å²) in [6, 6.07) is 15.8. The lowest BCUT2D eigenvalue weighted by atomic mass is 10.1. The number of hydrogen-bond acceptors (Lipinski definition) is 4. The third-order valence-corrected chi connectivity index (χ3v) is 4.77. The normalized spacial score (nSPS) is 12.8. The average molecular weight is 387 g/mol. The lowest BCUT2D eigenvalue weighted by Crippen LogP contribution is -2.20. The first-order valence-corrected chi connectivity index (χ1v) is 9.54. The van der Waals surface area contributed by atoms with Crippen LogP contribution in [0.15, 0.2) is 54.7 Å². The number of fused-ring (bicyclic) bond motifs is 2. The van der Waals surface area contributed by atoms with Crippen LogP contribution in [-0.4, -0.2) is 23.7 Å². The van der Waals surface area contributed by atoms with Crippen molar-refractivity contribution in [2.75, 3.05) is 13.2 Å². The minimum absolute atomic E-state index is 0.172. The lowest BCUT2D eigenvalue weighted by molar-refractivity contribution is -0.116. The smallest absolute Gasteiger partial charge is 0.244 e. The van der Waals surface area contributed by atoms with E-state index in [0.717, 1.165) is 27.8 Å². The zero-order valence-corrected chi connectivity index (χ0v) is 15.9. The van der Waals surface area contributed by atoms with Crippen molar-refractivity contribution in [2.24, 2.45) is 0 Å². The van der Waals surface area contributed by atoms with Gasteiger partial charge in [0.2, 0.25) is 5.91 Å². The summed E-state index contributed by atoms with van der Waals surface area (Å²) < 4.78 is 13.1. The fraction of sp³-hybridized carbons (Fsp3) is 0.217. The molecule has 0 saturated carbocycles. The molecule has 0 spiro atoms. The summed E-state index contributed by atoms with van der Waals surface area (Å²) in [5, 5.41) is 12.8. The van der Waals surface area contributed by atoms with Crippen molar-refractivity contribution >= 4 is 22.9 Å². The minimum Gasteiger partial charge on any atom is -0.486 e. The van der Waals surface area contributed by atoms with Gasteiger partial charge in [-0.15, -0.1) is 0 Å². The van der Waals surface area contributed by atoms with Crippen LogP contribution in [0.1, 0.15) is 17.5 Å². The Morgan fingerprint density at radius 2 is 2.00 bits per heavy atom. The highest BCUT2D eigenvalue weighted by atomic mass is 16.6. The maximum absolute atomic E-state index is 12.3. The number of nitriles is 1. The molecule has 0 saturated heterocycles. The van der Waals surface area contributed by atoms with Crippen LogP contribution in [0.4, 0.5) is 0 Å². The van der Waals surface area contributed by atoms with E-state index >= 15 is 0 Å². The van der Waals surface area contributed by atoms with Crippen molar-refractivity contribution in [3.63, 3.8) is 0 Å². The SMILES string of the molecule is N#CCCn1cc(/C=C/C(=O)NCc2ccc3c(c2)OCCO3)c2ccccc21. The molecule has 146 valence electrons. The summed E-state index contributed by atoms with van der Waals surface area (Å²) in [5.41, 5.74) is 2.95. The monoisotopic (exact) mass is 387 g/mol. The van der Waals surface area contributed by atoms with E-state index in [1.54, 1.807) is 0 Å². The lowest BCUT2D eigenvalue weighted by Gasteiger charge is -2.18. The molecule has 29 heavy (non-hydrogen) atoms. The maximum atomic E-state index is 12.3. The number of aromatic nitrogens is 1. The highest BCUT2D eigenvalue weighted by molar-refractivity contribution is 5.96. The van der Waals surface area contributed by atoms with Gasteiger partial charge in [-0.25, -0.2) is 0 Å². The number of nitrogens with zero attached hydrogens (tertiary/aromatic N) is 2. The van der Waals surface area contributed by atoms with Crippen LogP contribution in [0.2, 0.25) is 0 Å². The molecule has 6 nitrogen and oxygen atoms in total. The van der Waals surface area contributed by atoms with Crippen LogP contribution in [0.3, 0.4) is 0 Å². The first kappa shape index (κ1) is 18.6. The molecular formula is C23H21N3O3. The van der Waals surface area contributed by atoms with E-state index < -0.39 is 0 Å². The van der Waals surface area contributed by atoms with Gasteiger partial charge in [0.15, 0.2) is 11.5 Å². The molecule has 3 aromatic rings. The molecule has 6 heteroatoms. The van der Waals surface area contributed by atoms with Gasteiger partial charge in [0.1, 0.15) is 13.2 Å². The number of hydrogen-bond donors (Lipinski definition) is 1. The number of ether oxygens (including phenoxy) is 2. The second-order valence-corrected chi connectivity index (χ2v) is 6.73. The molecular weight excluding hydrogens is 366 g/mol. The number of amides is 1. The number of aryl methyl sites for hydroxylation is 1. The van der Waals surface area contributed by atoms with Crippen LogP contribution in [-0.2, 0) is 17.9 Å². The molecule has 1 aliphatic rings. The van der Waals surface area contributed by atoms with Crippen molar-refractivity contribution in [1.29, 1.82) is 5.26 Å². The Morgan fingerprint density at radius 3 is 2.86 bits per heavy atom. The van der Waals surface area contributed by atoms with Gasteiger partial charge in [-0.3, -0.25) is 4.79 Å². The Balaban J connectivity index is 1.43. The number of carbonyl (C=O) groups excluding carboxylic acids is 1. The van der Waals surface area contributed by atoms with Crippen molar-refractivity contribution in [3.8, 4) is 17.6 Å². The molecule has 0 radical (unpaired) electrons. The summed E-state index contributed by atoms with van der Waals surface area (Å²) in [6.45, 7) is 2.12.